The maximum absolute atomic E-state index is 11.5. The fourth-order valence-corrected chi connectivity index (χ4v) is 1.52. The number of rotatable bonds is 4. The number of amides is 1. The van der Waals surface area contributed by atoms with E-state index in [1.807, 2.05) is 19.9 Å². The van der Waals surface area contributed by atoms with Crippen molar-refractivity contribution < 1.29 is 9.53 Å². The summed E-state index contributed by atoms with van der Waals surface area (Å²) in [6.45, 7) is 3.85. The first-order chi connectivity index (χ1) is 7.58. The third kappa shape index (κ3) is 3.14. The summed E-state index contributed by atoms with van der Waals surface area (Å²) >= 11 is 5.97. The minimum Gasteiger partial charge on any atom is -0.495 e. The van der Waals surface area contributed by atoms with E-state index in [9.17, 15) is 4.79 Å². The van der Waals surface area contributed by atoms with Crippen LogP contribution >= 0.6 is 11.6 Å². The lowest BCUT2D eigenvalue weighted by atomic mass is 10.2. The van der Waals surface area contributed by atoms with Crippen molar-refractivity contribution in [1.29, 1.82) is 0 Å². The van der Waals surface area contributed by atoms with E-state index < -0.39 is 0 Å². The van der Waals surface area contributed by atoms with E-state index >= 15 is 0 Å². The first-order valence-corrected chi connectivity index (χ1v) is 5.60. The minimum absolute atomic E-state index is 0.0116. The molecule has 0 saturated carbocycles. The Bertz CT molecular complexity index is 391. The van der Waals surface area contributed by atoms with E-state index in [1.165, 1.54) is 0 Å². The molecule has 4 heteroatoms. The van der Waals surface area contributed by atoms with Gasteiger partial charge in [-0.2, -0.15) is 0 Å². The molecule has 1 rings (SSSR count). The van der Waals surface area contributed by atoms with Gasteiger partial charge in [0, 0.05) is 17.5 Å². The lowest BCUT2D eigenvalue weighted by molar-refractivity contribution is -0.116. The molecule has 0 heterocycles. The number of hydrogen-bond acceptors (Lipinski definition) is 2. The molecule has 0 radical (unpaired) electrons. The minimum atomic E-state index is -0.0116. The smallest absolute Gasteiger partial charge is 0.224 e. The van der Waals surface area contributed by atoms with Gasteiger partial charge in [0.05, 0.1) is 12.8 Å². The third-order valence-electron chi connectivity index (χ3n) is 2.23. The Morgan fingerprint density at radius 2 is 2.19 bits per heavy atom. The van der Waals surface area contributed by atoms with Gasteiger partial charge in [0.15, 0.2) is 0 Å². The number of anilines is 1. The number of ether oxygens (including phenoxy) is 1. The predicted octanol–water partition coefficient (Wildman–Crippen LogP) is 3.40. The number of benzene rings is 1. The zero-order chi connectivity index (χ0) is 12.1. The summed E-state index contributed by atoms with van der Waals surface area (Å²) in [7, 11) is 1.55. The van der Waals surface area contributed by atoms with Crippen LogP contribution in [0.2, 0.25) is 5.02 Å². The van der Waals surface area contributed by atoms with Crippen LogP contribution in [0.5, 0.6) is 5.75 Å². The summed E-state index contributed by atoms with van der Waals surface area (Å²) in [4.78, 5) is 11.5. The van der Waals surface area contributed by atoms with Gasteiger partial charge in [-0.15, -0.1) is 0 Å². The van der Waals surface area contributed by atoms with Crippen molar-refractivity contribution in [3.63, 3.8) is 0 Å². The molecule has 88 valence electrons. The van der Waals surface area contributed by atoms with Gasteiger partial charge in [-0.3, -0.25) is 4.79 Å². The van der Waals surface area contributed by atoms with Crippen LogP contribution in [0, 0.1) is 6.92 Å². The molecule has 0 bridgehead atoms. The zero-order valence-electron chi connectivity index (χ0n) is 9.76. The lowest BCUT2D eigenvalue weighted by Crippen LogP contribution is -2.11. The van der Waals surface area contributed by atoms with E-state index in [2.05, 4.69) is 5.32 Å². The molecule has 0 saturated heterocycles. The molecular formula is C12H16ClNO2. The van der Waals surface area contributed by atoms with Crippen molar-refractivity contribution in [2.24, 2.45) is 0 Å². The molecule has 16 heavy (non-hydrogen) atoms. The van der Waals surface area contributed by atoms with Gasteiger partial charge in [-0.1, -0.05) is 18.5 Å². The van der Waals surface area contributed by atoms with Crippen LogP contribution < -0.4 is 10.1 Å². The van der Waals surface area contributed by atoms with E-state index in [0.29, 0.717) is 22.9 Å². The quantitative estimate of drug-likeness (QED) is 0.878. The monoisotopic (exact) mass is 241 g/mol. The predicted molar refractivity (Wildman–Crippen MR) is 66.3 cm³/mol. The second-order valence-electron chi connectivity index (χ2n) is 3.60. The summed E-state index contributed by atoms with van der Waals surface area (Å²) in [5.41, 5.74) is 1.58. The molecule has 0 aliphatic rings. The fourth-order valence-electron chi connectivity index (χ4n) is 1.37. The van der Waals surface area contributed by atoms with Crippen LogP contribution in [-0.4, -0.2) is 13.0 Å². The summed E-state index contributed by atoms with van der Waals surface area (Å²) in [6.07, 6.45) is 1.32. The molecule has 1 aromatic carbocycles. The number of nitrogens with one attached hydrogen (secondary N) is 1. The van der Waals surface area contributed by atoms with Gasteiger partial charge in [-0.05, 0) is 25.0 Å². The highest BCUT2D eigenvalue weighted by atomic mass is 35.5. The molecule has 0 atom stereocenters. The fraction of sp³-hybridized carbons (Fsp3) is 0.417. The Labute approximate surface area is 101 Å². The SMILES string of the molecule is CCCC(=O)Nc1cc(C)c(Cl)cc1OC. The molecule has 0 spiro atoms. The second kappa shape index (κ2) is 5.75. The molecular weight excluding hydrogens is 226 g/mol. The van der Waals surface area contributed by atoms with E-state index in [1.54, 1.807) is 13.2 Å². The van der Waals surface area contributed by atoms with Crippen molar-refractivity contribution in [3.8, 4) is 5.75 Å². The largest absolute Gasteiger partial charge is 0.495 e. The Kier molecular flexibility index (Phi) is 4.62. The first kappa shape index (κ1) is 12.8. The number of carbonyl (C=O) groups is 1. The standard InChI is InChI=1S/C12H16ClNO2/c1-4-5-12(15)14-10-6-8(2)9(13)7-11(10)16-3/h6-7H,4-5H2,1-3H3,(H,14,15). The van der Waals surface area contributed by atoms with Crippen molar-refractivity contribution in [2.75, 3.05) is 12.4 Å². The molecule has 0 aliphatic carbocycles. The van der Waals surface area contributed by atoms with Gasteiger partial charge in [0.2, 0.25) is 5.91 Å². The molecule has 0 fully saturated rings. The van der Waals surface area contributed by atoms with Crippen LogP contribution in [0.1, 0.15) is 25.3 Å². The lowest BCUT2D eigenvalue weighted by Gasteiger charge is -2.11. The summed E-state index contributed by atoms with van der Waals surface area (Å²) in [5, 5.41) is 3.44. The van der Waals surface area contributed by atoms with Crippen molar-refractivity contribution in [1.82, 2.24) is 0 Å². The molecule has 1 aromatic rings. The van der Waals surface area contributed by atoms with Crippen LogP contribution in [0.4, 0.5) is 5.69 Å². The Morgan fingerprint density at radius 3 is 2.75 bits per heavy atom. The van der Waals surface area contributed by atoms with Crippen molar-refractivity contribution in [2.45, 2.75) is 26.7 Å². The molecule has 0 aliphatic heterocycles. The van der Waals surface area contributed by atoms with Crippen molar-refractivity contribution >= 4 is 23.2 Å². The van der Waals surface area contributed by atoms with Crippen molar-refractivity contribution in [3.05, 3.63) is 22.7 Å². The Hall–Kier alpha value is -1.22. The number of halogens is 1. The summed E-state index contributed by atoms with van der Waals surface area (Å²) in [5.74, 6) is 0.572. The van der Waals surface area contributed by atoms with Crippen LogP contribution in [0.15, 0.2) is 12.1 Å². The van der Waals surface area contributed by atoms with Gasteiger partial charge in [0.25, 0.3) is 0 Å². The Morgan fingerprint density at radius 1 is 1.50 bits per heavy atom. The number of hydrogen-bond donors (Lipinski definition) is 1. The van der Waals surface area contributed by atoms with E-state index in [-0.39, 0.29) is 5.91 Å². The van der Waals surface area contributed by atoms with Crippen LogP contribution in [0.3, 0.4) is 0 Å². The second-order valence-corrected chi connectivity index (χ2v) is 4.01. The number of methoxy groups -OCH3 is 1. The van der Waals surface area contributed by atoms with Gasteiger partial charge < -0.3 is 10.1 Å². The highest BCUT2D eigenvalue weighted by molar-refractivity contribution is 6.31. The maximum atomic E-state index is 11.5. The average Bonchev–Trinajstić information content (AvgIpc) is 2.23. The van der Waals surface area contributed by atoms with Crippen LogP contribution in [0.25, 0.3) is 0 Å². The van der Waals surface area contributed by atoms with Crippen LogP contribution in [-0.2, 0) is 4.79 Å². The van der Waals surface area contributed by atoms with Gasteiger partial charge in [0.1, 0.15) is 5.75 Å². The average molecular weight is 242 g/mol. The topological polar surface area (TPSA) is 38.3 Å². The Balaban J connectivity index is 2.94. The molecule has 0 unspecified atom stereocenters. The van der Waals surface area contributed by atoms with E-state index in [0.717, 1.165) is 12.0 Å². The first-order valence-electron chi connectivity index (χ1n) is 5.22. The molecule has 1 amide bonds. The molecule has 0 aromatic heterocycles. The summed E-state index contributed by atoms with van der Waals surface area (Å²) in [6, 6.07) is 3.52. The zero-order valence-corrected chi connectivity index (χ0v) is 10.5. The maximum Gasteiger partial charge on any atom is 0.224 e. The number of aryl methyl sites for hydroxylation is 1. The molecule has 1 N–H and O–H groups in total. The normalized spacial score (nSPS) is 10.0. The highest BCUT2D eigenvalue weighted by Crippen LogP contribution is 2.30. The highest BCUT2D eigenvalue weighted by Gasteiger charge is 2.09. The number of carbonyl (C=O) groups excluding carboxylic acids is 1. The van der Waals surface area contributed by atoms with E-state index in [4.69, 9.17) is 16.3 Å². The third-order valence-corrected chi connectivity index (χ3v) is 2.64. The molecule has 3 nitrogen and oxygen atoms in total. The van der Waals surface area contributed by atoms with Gasteiger partial charge in [-0.25, -0.2) is 0 Å². The van der Waals surface area contributed by atoms with Gasteiger partial charge >= 0.3 is 0 Å². The summed E-state index contributed by atoms with van der Waals surface area (Å²) < 4.78 is 5.16.